The van der Waals surface area contributed by atoms with E-state index in [1.54, 1.807) is 0 Å². The van der Waals surface area contributed by atoms with Crippen molar-refractivity contribution in [2.24, 2.45) is 0 Å². The summed E-state index contributed by atoms with van der Waals surface area (Å²) in [6.45, 7) is 0. The van der Waals surface area contributed by atoms with E-state index in [2.05, 4.69) is 0 Å². The molecule has 0 spiro atoms. The summed E-state index contributed by atoms with van der Waals surface area (Å²) in [5, 5.41) is 8.61. The number of carbonyl (C=O) groups is 3. The number of carboxylic acids is 1. The Morgan fingerprint density at radius 2 is 2.00 bits per heavy atom. The second-order valence-electron chi connectivity index (χ2n) is 2.95. The third-order valence-electron chi connectivity index (χ3n) is 2.00. The zero-order valence-corrected chi connectivity index (χ0v) is 9.44. The zero-order valence-electron chi connectivity index (χ0n) is 7.73. The van der Waals surface area contributed by atoms with Crippen molar-refractivity contribution < 1.29 is 19.5 Å². The van der Waals surface area contributed by atoms with Gasteiger partial charge in [0, 0.05) is 0 Å². The molecule has 0 aliphatic carbocycles. The number of hydrogen-bond acceptors (Lipinski definition) is 3. The number of likely N-dealkylation sites (tertiary alicyclic amines) is 1. The van der Waals surface area contributed by atoms with E-state index in [0.717, 1.165) is 4.90 Å². The summed E-state index contributed by atoms with van der Waals surface area (Å²) >= 11 is -0.0476. The van der Waals surface area contributed by atoms with Gasteiger partial charge in [-0.2, -0.15) is 0 Å². The fraction of sp³-hybridized carbons (Fsp3) is 0.625. The van der Waals surface area contributed by atoms with Crippen molar-refractivity contribution in [3.63, 3.8) is 0 Å². The van der Waals surface area contributed by atoms with Crippen molar-refractivity contribution in [2.75, 3.05) is 0 Å². The van der Waals surface area contributed by atoms with E-state index >= 15 is 0 Å². The van der Waals surface area contributed by atoms with Crippen LogP contribution in [-0.4, -0.2) is 47.7 Å². The van der Waals surface area contributed by atoms with E-state index in [1.165, 1.54) is 0 Å². The van der Waals surface area contributed by atoms with Crippen molar-refractivity contribution >= 4 is 32.7 Å². The van der Waals surface area contributed by atoms with Crippen LogP contribution in [0.15, 0.2) is 0 Å². The predicted octanol–water partition coefficient (Wildman–Crippen LogP) is -0.312. The third-order valence-corrected chi connectivity index (χ3v) is 3.93. The maximum absolute atomic E-state index is 11.3. The molecule has 14 heavy (non-hydrogen) atoms. The van der Waals surface area contributed by atoms with Crippen LogP contribution in [0.3, 0.4) is 0 Å². The number of nitrogens with zero attached hydrogens (tertiary/aromatic N) is 1. The summed E-state index contributed by atoms with van der Waals surface area (Å²) in [5.74, 6) is 0.403. The molecule has 0 bridgehead atoms. The van der Waals surface area contributed by atoms with Gasteiger partial charge < -0.3 is 0 Å². The molecule has 6 heteroatoms. The van der Waals surface area contributed by atoms with Gasteiger partial charge in [-0.25, -0.2) is 0 Å². The molecule has 1 saturated heterocycles. The molecule has 1 fully saturated rings. The number of carbonyl (C=O) groups excluding carboxylic acids is 2. The molecule has 1 atom stereocenters. The maximum atomic E-state index is 11.3. The van der Waals surface area contributed by atoms with Crippen LogP contribution in [-0.2, 0) is 14.4 Å². The molecule has 1 aliphatic heterocycles. The summed E-state index contributed by atoms with van der Waals surface area (Å²) in [6, 6.07) is 0. The molecule has 5 nitrogen and oxygen atoms in total. The number of amides is 2. The Labute approximate surface area is 87.6 Å². The van der Waals surface area contributed by atoms with Gasteiger partial charge in [-0.05, 0) is 0 Å². The summed E-state index contributed by atoms with van der Waals surface area (Å²) in [4.78, 5) is 33.8. The van der Waals surface area contributed by atoms with Gasteiger partial charge in [-0.3, -0.25) is 0 Å². The summed E-state index contributed by atoms with van der Waals surface area (Å²) in [7, 11) is 0. The first-order valence-electron chi connectivity index (χ1n) is 4.15. The van der Waals surface area contributed by atoms with E-state index in [-0.39, 0.29) is 46.0 Å². The monoisotopic (exact) mass is 265 g/mol. The van der Waals surface area contributed by atoms with Gasteiger partial charge in [0.25, 0.3) is 0 Å². The van der Waals surface area contributed by atoms with Crippen LogP contribution in [0.1, 0.15) is 19.3 Å². The van der Waals surface area contributed by atoms with Crippen LogP contribution in [0.25, 0.3) is 0 Å². The Balaban J connectivity index is 2.72. The molecule has 1 unspecified atom stereocenters. The van der Waals surface area contributed by atoms with Crippen molar-refractivity contribution in [2.45, 2.75) is 30.0 Å². The van der Waals surface area contributed by atoms with Crippen molar-refractivity contribution in [1.29, 1.82) is 0 Å². The molecular formula is C8H11NO4Se. The Bertz CT molecular complexity index is 263. The molecule has 1 rings (SSSR count). The molecule has 0 aromatic heterocycles. The number of aliphatic carboxylic acids is 1. The summed E-state index contributed by atoms with van der Waals surface area (Å²) < 4.78 is 0. The average molecular weight is 264 g/mol. The van der Waals surface area contributed by atoms with Gasteiger partial charge in [0.05, 0.1) is 0 Å². The number of imide groups is 1. The van der Waals surface area contributed by atoms with E-state index in [9.17, 15) is 14.4 Å². The van der Waals surface area contributed by atoms with Crippen molar-refractivity contribution in [3.05, 3.63) is 0 Å². The van der Waals surface area contributed by atoms with E-state index in [4.69, 9.17) is 5.11 Å². The molecule has 0 aromatic carbocycles. The molecular weight excluding hydrogens is 253 g/mol. The van der Waals surface area contributed by atoms with Crippen LogP contribution in [0.4, 0.5) is 0 Å². The predicted molar refractivity (Wildman–Crippen MR) is 48.7 cm³/mol. The Hall–Kier alpha value is -0.871. The SMILES string of the molecule is C[Se]C(CC(=O)O)N1C(=O)CCC1=O. The second kappa shape index (κ2) is 4.57. The van der Waals surface area contributed by atoms with Gasteiger partial charge in [-0.15, -0.1) is 0 Å². The summed E-state index contributed by atoms with van der Waals surface area (Å²) in [6.07, 6.45) is 0.323. The first kappa shape index (κ1) is 11.2. The molecule has 0 radical (unpaired) electrons. The van der Waals surface area contributed by atoms with Gasteiger partial charge >= 0.3 is 87.2 Å². The topological polar surface area (TPSA) is 74.7 Å². The van der Waals surface area contributed by atoms with Gasteiger partial charge in [-0.1, -0.05) is 0 Å². The summed E-state index contributed by atoms with van der Waals surface area (Å²) in [5.41, 5.74) is 0. The third kappa shape index (κ3) is 2.33. The Kier molecular flexibility index (Phi) is 3.66. The van der Waals surface area contributed by atoms with Gasteiger partial charge in [0.2, 0.25) is 0 Å². The Morgan fingerprint density at radius 1 is 1.50 bits per heavy atom. The quantitative estimate of drug-likeness (QED) is 0.558. The van der Waals surface area contributed by atoms with Crippen molar-refractivity contribution in [1.82, 2.24) is 4.90 Å². The van der Waals surface area contributed by atoms with Crippen LogP contribution >= 0.6 is 0 Å². The fourth-order valence-corrected chi connectivity index (χ4v) is 2.93. The van der Waals surface area contributed by atoms with E-state index in [0.29, 0.717) is 0 Å². The zero-order chi connectivity index (χ0) is 10.7. The molecule has 78 valence electrons. The molecule has 1 N–H and O–H groups in total. The fourth-order valence-electron chi connectivity index (χ4n) is 1.34. The number of rotatable bonds is 4. The second-order valence-corrected chi connectivity index (χ2v) is 5.08. The normalized spacial score (nSPS) is 18.8. The average Bonchev–Trinajstić information content (AvgIpc) is 2.43. The van der Waals surface area contributed by atoms with Crippen LogP contribution in [0.2, 0.25) is 5.82 Å². The first-order valence-corrected chi connectivity index (χ1v) is 6.86. The number of carboxylic acid groups (broad SMARTS) is 1. The molecule has 1 aliphatic rings. The van der Waals surface area contributed by atoms with Crippen LogP contribution in [0.5, 0.6) is 0 Å². The van der Waals surface area contributed by atoms with E-state index in [1.807, 2.05) is 5.82 Å². The molecule has 2 amide bonds. The van der Waals surface area contributed by atoms with Crippen LogP contribution in [0, 0.1) is 0 Å². The first-order chi connectivity index (χ1) is 6.56. The van der Waals surface area contributed by atoms with Crippen molar-refractivity contribution in [3.8, 4) is 0 Å². The molecule has 0 saturated carbocycles. The van der Waals surface area contributed by atoms with Crippen LogP contribution < -0.4 is 0 Å². The molecule has 1 heterocycles. The standard InChI is InChI=1S/C8H11NO4Se/c1-14-7(4-8(12)13)9-5(10)2-3-6(9)11/h7H,2-4H2,1H3,(H,12,13). The van der Waals surface area contributed by atoms with Gasteiger partial charge in [0.15, 0.2) is 0 Å². The van der Waals surface area contributed by atoms with E-state index < -0.39 is 10.9 Å². The minimum absolute atomic E-state index is 0.0476. The number of hydrogen-bond donors (Lipinski definition) is 1. The molecule has 0 aromatic rings. The minimum atomic E-state index is -0.966. The van der Waals surface area contributed by atoms with Gasteiger partial charge in [0.1, 0.15) is 0 Å². The Morgan fingerprint density at radius 3 is 2.36 bits per heavy atom.